The monoisotopic (exact) mass is 245 g/mol. The maximum Gasteiger partial charge on any atom is 0.251 e. The van der Waals surface area contributed by atoms with Gasteiger partial charge in [0, 0.05) is 23.6 Å². The minimum Gasteiger partial charge on any atom is -0.293 e. The van der Waals surface area contributed by atoms with Gasteiger partial charge in [0.2, 0.25) is 0 Å². The molecule has 0 aliphatic carbocycles. The summed E-state index contributed by atoms with van der Waals surface area (Å²) in [4.78, 5) is 14.0. The van der Waals surface area contributed by atoms with Gasteiger partial charge in [-0.05, 0) is 19.8 Å². The third-order valence-electron chi connectivity index (χ3n) is 2.89. The number of carbonyl (C=O) groups is 1. The molecule has 0 spiro atoms. The van der Waals surface area contributed by atoms with Gasteiger partial charge in [0.25, 0.3) is 5.91 Å². The standard InChI is InChI=1S/C11H23N3OS/c1-8(2)9(10(15)13-12)14-5-6-16-11(3,4)7-14/h8-9H,5-7,12H2,1-4H3,(H,13,15). The second-order valence-electron chi connectivity index (χ2n) is 5.28. The Kier molecular flexibility index (Phi) is 4.64. The van der Waals surface area contributed by atoms with Crippen LogP contribution in [0.5, 0.6) is 0 Å². The van der Waals surface area contributed by atoms with Crippen molar-refractivity contribution in [3.8, 4) is 0 Å². The Bertz CT molecular complexity index is 256. The van der Waals surface area contributed by atoms with E-state index in [2.05, 4.69) is 38.0 Å². The van der Waals surface area contributed by atoms with E-state index in [1.807, 2.05) is 11.8 Å². The Balaban J connectivity index is 2.75. The van der Waals surface area contributed by atoms with Gasteiger partial charge in [-0.1, -0.05) is 13.8 Å². The molecule has 1 heterocycles. The third kappa shape index (κ3) is 3.37. The number of hydrogen-bond acceptors (Lipinski definition) is 4. The predicted octanol–water partition coefficient (Wildman–Crippen LogP) is 0.828. The Labute approximate surface area is 102 Å². The second kappa shape index (κ2) is 5.38. The first kappa shape index (κ1) is 13.8. The summed E-state index contributed by atoms with van der Waals surface area (Å²) >= 11 is 1.97. The van der Waals surface area contributed by atoms with E-state index in [9.17, 15) is 4.79 Å². The van der Waals surface area contributed by atoms with E-state index < -0.39 is 0 Å². The van der Waals surface area contributed by atoms with Crippen LogP contribution >= 0.6 is 11.8 Å². The molecule has 0 aromatic carbocycles. The summed E-state index contributed by atoms with van der Waals surface area (Å²) in [7, 11) is 0. The first-order valence-corrected chi connectivity index (χ1v) is 6.74. The largest absolute Gasteiger partial charge is 0.293 e. The van der Waals surface area contributed by atoms with E-state index in [-0.39, 0.29) is 22.6 Å². The molecule has 0 saturated carbocycles. The summed E-state index contributed by atoms with van der Waals surface area (Å²) < 4.78 is 0.222. The maximum atomic E-state index is 11.8. The van der Waals surface area contributed by atoms with E-state index in [1.165, 1.54) is 0 Å². The SMILES string of the molecule is CC(C)C(C(=O)NN)N1CCSC(C)(C)C1. The van der Waals surface area contributed by atoms with Crippen molar-refractivity contribution in [2.75, 3.05) is 18.8 Å². The molecule has 1 unspecified atom stereocenters. The first-order valence-electron chi connectivity index (χ1n) is 5.76. The van der Waals surface area contributed by atoms with Crippen LogP contribution in [0.25, 0.3) is 0 Å². The van der Waals surface area contributed by atoms with E-state index in [1.54, 1.807) is 0 Å². The summed E-state index contributed by atoms with van der Waals surface area (Å²) in [5.74, 6) is 6.54. The number of nitrogens with zero attached hydrogens (tertiary/aromatic N) is 1. The zero-order valence-corrected chi connectivity index (χ0v) is 11.4. The molecule has 0 bridgehead atoms. The van der Waals surface area contributed by atoms with Gasteiger partial charge in [-0.15, -0.1) is 0 Å². The van der Waals surface area contributed by atoms with Crippen molar-refractivity contribution in [1.82, 2.24) is 10.3 Å². The molecule has 1 atom stereocenters. The lowest BCUT2D eigenvalue weighted by Crippen LogP contribution is -2.56. The Morgan fingerprint density at radius 2 is 2.12 bits per heavy atom. The molecule has 94 valence electrons. The molecule has 1 saturated heterocycles. The van der Waals surface area contributed by atoms with Crippen molar-refractivity contribution >= 4 is 17.7 Å². The molecule has 1 amide bonds. The van der Waals surface area contributed by atoms with Crippen LogP contribution in [0.3, 0.4) is 0 Å². The molecule has 1 aliphatic rings. The highest BCUT2D eigenvalue weighted by Crippen LogP contribution is 2.31. The van der Waals surface area contributed by atoms with Crippen LogP contribution in [0.15, 0.2) is 0 Å². The van der Waals surface area contributed by atoms with Crippen molar-refractivity contribution in [1.29, 1.82) is 0 Å². The summed E-state index contributed by atoms with van der Waals surface area (Å²) in [6.45, 7) is 10.5. The molecular weight excluding hydrogens is 222 g/mol. The molecule has 1 rings (SSSR count). The molecule has 4 nitrogen and oxygen atoms in total. The predicted molar refractivity (Wildman–Crippen MR) is 69.1 cm³/mol. The number of hydrazine groups is 1. The third-order valence-corrected chi connectivity index (χ3v) is 4.19. The number of hydrogen-bond donors (Lipinski definition) is 2. The van der Waals surface area contributed by atoms with Gasteiger partial charge >= 0.3 is 0 Å². The molecular formula is C11H23N3OS. The van der Waals surface area contributed by atoms with Crippen LogP contribution in [-0.2, 0) is 4.79 Å². The fourth-order valence-electron chi connectivity index (χ4n) is 2.27. The van der Waals surface area contributed by atoms with Crippen LogP contribution in [0.1, 0.15) is 27.7 Å². The summed E-state index contributed by atoms with van der Waals surface area (Å²) in [5, 5.41) is 0. The zero-order valence-electron chi connectivity index (χ0n) is 10.6. The zero-order chi connectivity index (χ0) is 12.3. The van der Waals surface area contributed by atoms with Crippen molar-refractivity contribution in [3.63, 3.8) is 0 Å². The lowest BCUT2D eigenvalue weighted by Gasteiger charge is -2.42. The number of thioether (sulfide) groups is 1. The molecule has 5 heteroatoms. The molecule has 1 fully saturated rings. The van der Waals surface area contributed by atoms with E-state index >= 15 is 0 Å². The fourth-order valence-corrected chi connectivity index (χ4v) is 3.40. The molecule has 16 heavy (non-hydrogen) atoms. The first-order chi connectivity index (χ1) is 7.37. The van der Waals surface area contributed by atoms with E-state index in [0.29, 0.717) is 0 Å². The minimum atomic E-state index is -0.106. The van der Waals surface area contributed by atoms with Gasteiger partial charge in [-0.25, -0.2) is 5.84 Å². The van der Waals surface area contributed by atoms with Crippen molar-refractivity contribution in [2.45, 2.75) is 38.5 Å². The highest BCUT2D eigenvalue weighted by atomic mass is 32.2. The average Bonchev–Trinajstić information content (AvgIpc) is 2.15. The van der Waals surface area contributed by atoms with Gasteiger partial charge in [-0.2, -0.15) is 11.8 Å². The quantitative estimate of drug-likeness (QED) is 0.439. The number of carbonyl (C=O) groups excluding carboxylic acids is 1. The lowest BCUT2D eigenvalue weighted by atomic mass is 10.00. The normalized spacial score (nSPS) is 23.1. The van der Waals surface area contributed by atoms with E-state index in [4.69, 9.17) is 5.84 Å². The molecule has 0 radical (unpaired) electrons. The van der Waals surface area contributed by atoms with Gasteiger partial charge in [0.1, 0.15) is 0 Å². The minimum absolute atomic E-state index is 0.0716. The lowest BCUT2D eigenvalue weighted by molar-refractivity contribution is -0.128. The number of nitrogens with one attached hydrogen (secondary N) is 1. The van der Waals surface area contributed by atoms with Crippen molar-refractivity contribution in [3.05, 3.63) is 0 Å². The Morgan fingerprint density at radius 3 is 2.56 bits per heavy atom. The van der Waals surface area contributed by atoms with Crippen LogP contribution in [0, 0.1) is 5.92 Å². The molecule has 0 aromatic heterocycles. The molecule has 3 N–H and O–H groups in total. The van der Waals surface area contributed by atoms with E-state index in [0.717, 1.165) is 18.8 Å². The van der Waals surface area contributed by atoms with Gasteiger partial charge in [-0.3, -0.25) is 15.1 Å². The van der Waals surface area contributed by atoms with Crippen molar-refractivity contribution < 1.29 is 4.79 Å². The van der Waals surface area contributed by atoms with Crippen LogP contribution in [-0.4, -0.2) is 40.4 Å². The number of amides is 1. The summed E-state index contributed by atoms with van der Waals surface area (Å²) in [6, 6.07) is -0.106. The summed E-state index contributed by atoms with van der Waals surface area (Å²) in [6.07, 6.45) is 0. The fraction of sp³-hybridized carbons (Fsp3) is 0.909. The molecule has 0 aromatic rings. The number of nitrogens with two attached hydrogens (primary N) is 1. The van der Waals surface area contributed by atoms with Gasteiger partial charge in [0.15, 0.2) is 0 Å². The average molecular weight is 245 g/mol. The highest BCUT2D eigenvalue weighted by molar-refractivity contribution is 8.00. The Morgan fingerprint density at radius 1 is 1.50 bits per heavy atom. The second-order valence-corrected chi connectivity index (χ2v) is 7.08. The van der Waals surface area contributed by atoms with Crippen LogP contribution in [0.4, 0.5) is 0 Å². The summed E-state index contributed by atoms with van der Waals surface area (Å²) in [5.41, 5.74) is 2.28. The Hall–Kier alpha value is -0.260. The topological polar surface area (TPSA) is 58.4 Å². The highest BCUT2D eigenvalue weighted by Gasteiger charge is 2.35. The van der Waals surface area contributed by atoms with Gasteiger partial charge in [0.05, 0.1) is 6.04 Å². The smallest absolute Gasteiger partial charge is 0.251 e. The van der Waals surface area contributed by atoms with Crippen molar-refractivity contribution in [2.24, 2.45) is 11.8 Å². The number of rotatable bonds is 3. The molecule has 1 aliphatic heterocycles. The van der Waals surface area contributed by atoms with Gasteiger partial charge < -0.3 is 0 Å². The van der Waals surface area contributed by atoms with Crippen LogP contribution in [0.2, 0.25) is 0 Å². The van der Waals surface area contributed by atoms with Crippen LogP contribution < -0.4 is 11.3 Å². The maximum absolute atomic E-state index is 11.8.